The van der Waals surface area contributed by atoms with Gasteiger partial charge < -0.3 is 5.32 Å². The van der Waals surface area contributed by atoms with E-state index in [0.29, 0.717) is 0 Å². The molecule has 0 amide bonds. The van der Waals surface area contributed by atoms with E-state index in [9.17, 15) is 0 Å². The largest absolute Gasteiger partial charge is 0.313 e. The molecule has 1 aliphatic rings. The Kier molecular flexibility index (Phi) is 6.06. The minimum atomic E-state index is 0.751. The van der Waals surface area contributed by atoms with Crippen LogP contribution < -0.4 is 5.32 Å². The molecule has 1 fully saturated rings. The van der Waals surface area contributed by atoms with Crippen LogP contribution in [0.5, 0.6) is 0 Å². The first kappa shape index (κ1) is 15.2. The van der Waals surface area contributed by atoms with Gasteiger partial charge in [-0.1, -0.05) is 44.4 Å². The van der Waals surface area contributed by atoms with Crippen molar-refractivity contribution < 1.29 is 0 Å². The van der Waals surface area contributed by atoms with Crippen LogP contribution >= 0.6 is 23.4 Å². The van der Waals surface area contributed by atoms with Gasteiger partial charge in [-0.25, -0.2) is 0 Å². The van der Waals surface area contributed by atoms with Gasteiger partial charge in [0.25, 0.3) is 0 Å². The predicted octanol–water partition coefficient (Wildman–Crippen LogP) is 5.12. The molecule has 19 heavy (non-hydrogen) atoms. The van der Waals surface area contributed by atoms with Crippen molar-refractivity contribution in [1.82, 2.24) is 5.32 Å². The summed E-state index contributed by atoms with van der Waals surface area (Å²) in [4.78, 5) is 1.25. The van der Waals surface area contributed by atoms with Gasteiger partial charge in [-0.2, -0.15) is 0 Å². The lowest BCUT2D eigenvalue weighted by Crippen LogP contribution is -2.15. The Morgan fingerprint density at radius 2 is 2.21 bits per heavy atom. The lowest BCUT2D eigenvalue weighted by Gasteiger charge is -2.26. The van der Waals surface area contributed by atoms with E-state index in [-0.39, 0.29) is 0 Å². The van der Waals surface area contributed by atoms with E-state index in [1.807, 2.05) is 11.8 Å². The van der Waals surface area contributed by atoms with Gasteiger partial charge in [0, 0.05) is 16.7 Å². The van der Waals surface area contributed by atoms with Crippen LogP contribution in [0.2, 0.25) is 5.02 Å². The lowest BCUT2D eigenvalue weighted by molar-refractivity contribution is 0.394. The first-order valence-electron chi connectivity index (χ1n) is 7.34. The predicted molar refractivity (Wildman–Crippen MR) is 86.1 cm³/mol. The number of benzene rings is 1. The summed E-state index contributed by atoms with van der Waals surface area (Å²) in [5.41, 5.74) is 1.27. The van der Waals surface area contributed by atoms with E-state index in [4.69, 9.17) is 11.6 Å². The van der Waals surface area contributed by atoms with Crippen molar-refractivity contribution >= 4 is 23.4 Å². The van der Waals surface area contributed by atoms with Crippen LogP contribution in [0.25, 0.3) is 0 Å². The summed E-state index contributed by atoms with van der Waals surface area (Å²) in [6.45, 7) is 6.39. The molecule has 1 aromatic rings. The maximum absolute atomic E-state index is 6.42. The van der Waals surface area contributed by atoms with Crippen molar-refractivity contribution in [2.24, 2.45) is 5.92 Å². The Morgan fingerprint density at radius 1 is 1.37 bits per heavy atom. The van der Waals surface area contributed by atoms with Crippen LogP contribution in [-0.4, -0.2) is 11.8 Å². The Balaban J connectivity index is 1.96. The van der Waals surface area contributed by atoms with E-state index >= 15 is 0 Å². The zero-order chi connectivity index (χ0) is 13.7. The normalized spacial score (nSPS) is 23.5. The maximum Gasteiger partial charge on any atom is 0.0545 e. The fraction of sp³-hybridized carbons (Fsp3) is 0.625. The third-order valence-electron chi connectivity index (χ3n) is 3.76. The molecule has 3 heteroatoms. The van der Waals surface area contributed by atoms with E-state index in [2.05, 4.69) is 37.4 Å². The Hall–Kier alpha value is -0.180. The standard InChI is InChI=1S/C16H24ClNS/c1-3-18-11-13-7-8-16(15(17)10-13)19-14-6-4-5-12(2)9-14/h7-8,10,12,14,18H,3-6,9,11H2,1-2H3. The topological polar surface area (TPSA) is 12.0 Å². The van der Waals surface area contributed by atoms with Crippen LogP contribution in [0.1, 0.15) is 45.1 Å². The highest BCUT2D eigenvalue weighted by Crippen LogP contribution is 2.38. The molecule has 1 aliphatic carbocycles. The lowest BCUT2D eigenvalue weighted by atomic mass is 9.91. The third kappa shape index (κ3) is 4.70. The highest BCUT2D eigenvalue weighted by atomic mass is 35.5. The monoisotopic (exact) mass is 297 g/mol. The van der Waals surface area contributed by atoms with E-state index < -0.39 is 0 Å². The molecule has 0 aromatic heterocycles. The quantitative estimate of drug-likeness (QED) is 0.809. The van der Waals surface area contributed by atoms with Gasteiger partial charge in [-0.05, 0) is 43.0 Å². The van der Waals surface area contributed by atoms with Gasteiger partial charge in [0.2, 0.25) is 0 Å². The summed E-state index contributed by atoms with van der Waals surface area (Å²) in [7, 11) is 0. The molecule has 0 saturated heterocycles. The average molecular weight is 298 g/mol. The summed E-state index contributed by atoms with van der Waals surface area (Å²) >= 11 is 8.39. The summed E-state index contributed by atoms with van der Waals surface area (Å²) in [6, 6.07) is 6.50. The molecule has 0 spiro atoms. The Labute approximate surface area is 126 Å². The van der Waals surface area contributed by atoms with Gasteiger partial charge >= 0.3 is 0 Å². The smallest absolute Gasteiger partial charge is 0.0545 e. The zero-order valence-corrected chi connectivity index (χ0v) is 13.5. The average Bonchev–Trinajstić information content (AvgIpc) is 2.39. The van der Waals surface area contributed by atoms with Crippen molar-refractivity contribution in [3.8, 4) is 0 Å². The zero-order valence-electron chi connectivity index (χ0n) is 11.9. The highest BCUT2D eigenvalue weighted by molar-refractivity contribution is 8.00. The molecule has 1 N–H and O–H groups in total. The van der Waals surface area contributed by atoms with Crippen molar-refractivity contribution in [2.75, 3.05) is 6.54 Å². The first-order chi connectivity index (χ1) is 9.19. The van der Waals surface area contributed by atoms with Crippen LogP contribution in [0.4, 0.5) is 0 Å². The number of hydrogen-bond acceptors (Lipinski definition) is 2. The van der Waals surface area contributed by atoms with Crippen molar-refractivity contribution in [3.63, 3.8) is 0 Å². The van der Waals surface area contributed by atoms with Gasteiger partial charge in [-0.3, -0.25) is 0 Å². The number of thioether (sulfide) groups is 1. The van der Waals surface area contributed by atoms with Gasteiger partial charge in [0.15, 0.2) is 0 Å². The molecule has 2 rings (SSSR count). The van der Waals surface area contributed by atoms with Crippen molar-refractivity contribution in [1.29, 1.82) is 0 Å². The number of rotatable bonds is 5. The Bertz CT molecular complexity index is 408. The fourth-order valence-electron chi connectivity index (χ4n) is 2.68. The van der Waals surface area contributed by atoms with Crippen molar-refractivity contribution in [3.05, 3.63) is 28.8 Å². The molecule has 1 aromatic carbocycles. The molecule has 0 heterocycles. The molecule has 0 bridgehead atoms. The summed E-state index contributed by atoms with van der Waals surface area (Å²) in [6.07, 6.45) is 5.44. The molecule has 0 radical (unpaired) electrons. The molecule has 106 valence electrons. The van der Waals surface area contributed by atoms with E-state index in [0.717, 1.165) is 29.3 Å². The number of halogens is 1. The first-order valence-corrected chi connectivity index (χ1v) is 8.60. The van der Waals surface area contributed by atoms with E-state index in [1.165, 1.54) is 36.1 Å². The molecule has 2 unspecified atom stereocenters. The van der Waals surface area contributed by atoms with Crippen molar-refractivity contribution in [2.45, 2.75) is 56.2 Å². The minimum absolute atomic E-state index is 0.751. The van der Waals surface area contributed by atoms with Gasteiger partial charge in [0.1, 0.15) is 0 Å². The minimum Gasteiger partial charge on any atom is -0.313 e. The second kappa shape index (κ2) is 7.56. The summed E-state index contributed by atoms with van der Waals surface area (Å²) < 4.78 is 0. The van der Waals surface area contributed by atoms with Crippen LogP contribution in [0, 0.1) is 5.92 Å². The fourth-order valence-corrected chi connectivity index (χ4v) is 4.41. The molecular weight excluding hydrogens is 274 g/mol. The Morgan fingerprint density at radius 3 is 2.89 bits per heavy atom. The van der Waals surface area contributed by atoms with Crippen LogP contribution in [-0.2, 0) is 6.54 Å². The molecule has 0 aliphatic heterocycles. The second-order valence-electron chi connectivity index (χ2n) is 5.56. The molecule has 1 saturated carbocycles. The summed E-state index contributed by atoms with van der Waals surface area (Å²) in [5.74, 6) is 0.873. The SMILES string of the molecule is CCNCc1ccc(SC2CCCC(C)C2)c(Cl)c1. The van der Waals surface area contributed by atoms with Crippen LogP contribution in [0.15, 0.2) is 23.1 Å². The molecule has 2 atom stereocenters. The summed E-state index contributed by atoms with van der Waals surface area (Å²) in [5, 5.41) is 5.00. The van der Waals surface area contributed by atoms with Crippen LogP contribution in [0.3, 0.4) is 0 Å². The highest BCUT2D eigenvalue weighted by Gasteiger charge is 2.20. The number of nitrogens with one attached hydrogen (secondary N) is 1. The third-order valence-corrected chi connectivity index (χ3v) is 5.55. The molecular formula is C16H24ClNS. The maximum atomic E-state index is 6.42. The number of hydrogen-bond donors (Lipinski definition) is 1. The van der Waals surface area contributed by atoms with Gasteiger partial charge in [-0.15, -0.1) is 11.8 Å². The molecule has 1 nitrogen and oxygen atoms in total. The second-order valence-corrected chi connectivity index (χ2v) is 7.31. The van der Waals surface area contributed by atoms with Gasteiger partial charge in [0.05, 0.1) is 5.02 Å². The van der Waals surface area contributed by atoms with E-state index in [1.54, 1.807) is 0 Å².